The molecule has 7 nitrogen and oxygen atoms in total. The van der Waals surface area contributed by atoms with E-state index >= 15 is 0 Å². The van der Waals surface area contributed by atoms with Gasteiger partial charge in [0.2, 0.25) is 0 Å². The smallest absolute Gasteiger partial charge is 0.270 e. The molecule has 106 valence electrons. The zero-order valence-corrected chi connectivity index (χ0v) is 12.9. The summed E-state index contributed by atoms with van der Waals surface area (Å²) in [6, 6.07) is 3.56. The van der Waals surface area contributed by atoms with Crippen molar-refractivity contribution in [2.75, 3.05) is 12.4 Å². The molecule has 0 aliphatic rings. The van der Waals surface area contributed by atoms with E-state index in [0.29, 0.717) is 17.9 Å². The maximum Gasteiger partial charge on any atom is 0.270 e. The molecule has 1 heterocycles. The van der Waals surface area contributed by atoms with Crippen molar-refractivity contribution in [2.24, 2.45) is 0 Å². The number of anilines is 1. The molecular weight excluding hydrogens is 326 g/mol. The van der Waals surface area contributed by atoms with Gasteiger partial charge in [-0.15, -0.1) is 5.10 Å². The molecule has 1 N–H and O–H groups in total. The van der Waals surface area contributed by atoms with Crippen LogP contribution in [0.5, 0.6) is 5.75 Å². The second kappa shape index (κ2) is 6.00. The summed E-state index contributed by atoms with van der Waals surface area (Å²) in [6.07, 6.45) is 0. The molecule has 1 amide bonds. The summed E-state index contributed by atoms with van der Waals surface area (Å²) in [7, 11) is 1.53. The van der Waals surface area contributed by atoms with Crippen LogP contribution in [0.15, 0.2) is 16.6 Å². The van der Waals surface area contributed by atoms with E-state index in [2.05, 4.69) is 36.7 Å². The monoisotopic (exact) mass is 339 g/mol. The molecule has 0 unspecified atom stereocenters. The molecule has 20 heavy (non-hydrogen) atoms. The van der Waals surface area contributed by atoms with Crippen LogP contribution in [-0.2, 0) is 6.54 Å². The van der Waals surface area contributed by atoms with Crippen molar-refractivity contribution in [2.45, 2.75) is 20.4 Å². The first-order valence-corrected chi connectivity index (χ1v) is 6.77. The van der Waals surface area contributed by atoms with Gasteiger partial charge in [0.1, 0.15) is 5.75 Å². The number of hydrogen-bond donors (Lipinski definition) is 1. The number of nitrogens with one attached hydrogen (secondary N) is 1. The first kappa shape index (κ1) is 14.4. The maximum atomic E-state index is 12.3. The highest BCUT2D eigenvalue weighted by Gasteiger charge is 2.17. The normalized spacial score (nSPS) is 10.4. The zero-order valence-electron chi connectivity index (χ0n) is 11.3. The quantitative estimate of drug-likeness (QED) is 0.921. The topological polar surface area (TPSA) is 81.9 Å². The molecule has 0 saturated carbocycles. The van der Waals surface area contributed by atoms with Crippen molar-refractivity contribution < 1.29 is 9.53 Å². The molecule has 0 spiro atoms. The van der Waals surface area contributed by atoms with Gasteiger partial charge in [-0.05, 0) is 36.8 Å². The number of hydrogen-bond acceptors (Lipinski definition) is 5. The van der Waals surface area contributed by atoms with Crippen molar-refractivity contribution in [3.8, 4) is 5.75 Å². The van der Waals surface area contributed by atoms with E-state index in [0.717, 1.165) is 10.0 Å². The Balaban J connectivity index is 2.29. The number of amides is 1. The van der Waals surface area contributed by atoms with E-state index in [1.165, 1.54) is 11.9 Å². The lowest BCUT2D eigenvalue weighted by molar-refractivity contribution is 0.102. The zero-order chi connectivity index (χ0) is 14.7. The van der Waals surface area contributed by atoms with Gasteiger partial charge in [-0.25, -0.2) is 0 Å². The predicted octanol–water partition coefficient (Wildman–Crippen LogP) is 2.02. The number of methoxy groups -OCH3 is 1. The number of nitrogens with zero attached hydrogens (tertiary/aromatic N) is 4. The Hall–Kier alpha value is -1.96. The van der Waals surface area contributed by atoms with Crippen LogP contribution in [0.3, 0.4) is 0 Å². The molecule has 2 aromatic rings. The Bertz CT molecular complexity index is 641. The molecular formula is C12H14BrN5O2. The van der Waals surface area contributed by atoms with Gasteiger partial charge < -0.3 is 4.74 Å². The van der Waals surface area contributed by atoms with Gasteiger partial charge in [0, 0.05) is 4.47 Å². The van der Waals surface area contributed by atoms with Gasteiger partial charge in [0.25, 0.3) is 11.9 Å². The van der Waals surface area contributed by atoms with E-state index in [9.17, 15) is 4.79 Å². The fraction of sp³-hybridized carbons (Fsp3) is 0.333. The fourth-order valence-corrected chi connectivity index (χ4v) is 2.34. The molecule has 1 aromatic heterocycles. The number of tetrazole rings is 1. The van der Waals surface area contributed by atoms with Gasteiger partial charge in [-0.2, -0.15) is 4.80 Å². The molecule has 0 fully saturated rings. The molecule has 0 aliphatic carbocycles. The predicted molar refractivity (Wildman–Crippen MR) is 76.9 cm³/mol. The van der Waals surface area contributed by atoms with Crippen LogP contribution in [0.4, 0.5) is 5.95 Å². The summed E-state index contributed by atoms with van der Waals surface area (Å²) < 4.78 is 6.07. The summed E-state index contributed by atoms with van der Waals surface area (Å²) in [6.45, 7) is 4.34. The molecule has 0 aliphatic heterocycles. The second-order valence-corrected chi connectivity index (χ2v) is 4.97. The molecule has 2 rings (SSSR count). The SMILES string of the molecule is CCn1nnc(NC(=O)c2cc(Br)cc(C)c2OC)n1. The highest BCUT2D eigenvalue weighted by atomic mass is 79.9. The van der Waals surface area contributed by atoms with Crippen molar-refractivity contribution in [3.05, 3.63) is 27.7 Å². The molecule has 0 saturated heterocycles. The summed E-state index contributed by atoms with van der Waals surface area (Å²) in [4.78, 5) is 13.7. The molecule has 1 aromatic carbocycles. The molecule has 0 atom stereocenters. The third kappa shape index (κ3) is 2.96. The van der Waals surface area contributed by atoms with Crippen molar-refractivity contribution in [1.82, 2.24) is 20.2 Å². The van der Waals surface area contributed by atoms with E-state index in [1.54, 1.807) is 6.07 Å². The molecule has 0 bridgehead atoms. The van der Waals surface area contributed by atoms with Crippen LogP contribution in [0.2, 0.25) is 0 Å². The Morgan fingerprint density at radius 3 is 2.85 bits per heavy atom. The number of benzene rings is 1. The van der Waals surface area contributed by atoms with E-state index in [4.69, 9.17) is 4.74 Å². The van der Waals surface area contributed by atoms with Crippen LogP contribution in [0.1, 0.15) is 22.8 Å². The summed E-state index contributed by atoms with van der Waals surface area (Å²) in [5, 5.41) is 14.1. The Labute approximate surface area is 124 Å². The van der Waals surface area contributed by atoms with Gasteiger partial charge in [-0.3, -0.25) is 10.1 Å². The number of rotatable bonds is 4. The fourth-order valence-electron chi connectivity index (χ4n) is 1.77. The van der Waals surface area contributed by atoms with Gasteiger partial charge in [0.15, 0.2) is 0 Å². The van der Waals surface area contributed by atoms with Gasteiger partial charge in [0.05, 0.1) is 19.2 Å². The van der Waals surface area contributed by atoms with Crippen LogP contribution in [-0.4, -0.2) is 33.2 Å². The van der Waals surface area contributed by atoms with Crippen LogP contribution in [0.25, 0.3) is 0 Å². The lowest BCUT2D eigenvalue weighted by atomic mass is 10.1. The number of ether oxygens (including phenoxy) is 1. The van der Waals surface area contributed by atoms with E-state index < -0.39 is 0 Å². The lowest BCUT2D eigenvalue weighted by Gasteiger charge is -2.11. The Kier molecular flexibility index (Phi) is 4.33. The summed E-state index contributed by atoms with van der Waals surface area (Å²) >= 11 is 3.36. The summed E-state index contributed by atoms with van der Waals surface area (Å²) in [5.41, 5.74) is 1.27. The van der Waals surface area contributed by atoms with Gasteiger partial charge in [-0.1, -0.05) is 21.0 Å². The van der Waals surface area contributed by atoms with Gasteiger partial charge >= 0.3 is 0 Å². The van der Waals surface area contributed by atoms with Crippen LogP contribution >= 0.6 is 15.9 Å². The van der Waals surface area contributed by atoms with Crippen LogP contribution in [0, 0.1) is 6.92 Å². The number of halogens is 1. The van der Waals surface area contributed by atoms with Crippen molar-refractivity contribution in [1.29, 1.82) is 0 Å². The number of aromatic nitrogens is 4. The van der Waals surface area contributed by atoms with Crippen LogP contribution < -0.4 is 10.1 Å². The second-order valence-electron chi connectivity index (χ2n) is 4.06. The Morgan fingerprint density at radius 2 is 2.25 bits per heavy atom. The minimum absolute atomic E-state index is 0.163. The summed E-state index contributed by atoms with van der Waals surface area (Å²) in [5.74, 6) is 0.340. The highest BCUT2D eigenvalue weighted by Crippen LogP contribution is 2.28. The third-order valence-corrected chi connectivity index (χ3v) is 3.11. The van der Waals surface area contributed by atoms with E-state index in [-0.39, 0.29) is 11.9 Å². The molecule has 8 heteroatoms. The molecule has 0 radical (unpaired) electrons. The first-order valence-electron chi connectivity index (χ1n) is 5.98. The number of aryl methyl sites for hydroxylation is 2. The van der Waals surface area contributed by atoms with E-state index in [1.807, 2.05) is 19.9 Å². The lowest BCUT2D eigenvalue weighted by Crippen LogP contribution is -2.15. The standard InChI is InChI=1S/C12H14BrN5O2/c1-4-18-16-12(15-17-18)14-11(19)9-6-8(13)5-7(2)10(9)20-3/h5-6H,4H2,1-3H3,(H,14,16,19). The van der Waals surface area contributed by atoms with Crippen molar-refractivity contribution >= 4 is 27.8 Å². The highest BCUT2D eigenvalue weighted by molar-refractivity contribution is 9.10. The minimum Gasteiger partial charge on any atom is -0.496 e. The minimum atomic E-state index is -0.345. The first-order chi connectivity index (χ1) is 9.55. The third-order valence-electron chi connectivity index (χ3n) is 2.65. The number of carbonyl (C=O) groups is 1. The maximum absolute atomic E-state index is 12.3. The average Bonchev–Trinajstić information content (AvgIpc) is 2.85. The number of carbonyl (C=O) groups excluding carboxylic acids is 1. The average molecular weight is 340 g/mol. The van der Waals surface area contributed by atoms with Crippen molar-refractivity contribution in [3.63, 3.8) is 0 Å². The Morgan fingerprint density at radius 1 is 1.50 bits per heavy atom. The largest absolute Gasteiger partial charge is 0.496 e.